The molecule has 3 rings (SSSR count). The average molecular weight is 464 g/mol. The lowest BCUT2D eigenvalue weighted by atomic mass is 9.99. The largest absolute Gasteiger partial charge is 0.543 e. The Morgan fingerprint density at radius 3 is 2.24 bits per heavy atom. The summed E-state index contributed by atoms with van der Waals surface area (Å²) < 4.78 is 11.9. The zero-order valence-electron chi connectivity index (χ0n) is 20.6. The van der Waals surface area contributed by atoms with E-state index in [0.29, 0.717) is 13.2 Å². The molecule has 0 aromatic heterocycles. The van der Waals surface area contributed by atoms with Crippen LogP contribution in [0.4, 0.5) is 4.79 Å². The Morgan fingerprint density at radius 1 is 0.879 bits per heavy atom. The van der Waals surface area contributed by atoms with Gasteiger partial charge in [0, 0.05) is 11.9 Å². The molecular weight excluding hydrogens is 426 g/mol. The number of ether oxygens (including phenoxy) is 1. The van der Waals surface area contributed by atoms with Crippen molar-refractivity contribution >= 4 is 25.2 Å². The molecule has 0 aliphatic carbocycles. The van der Waals surface area contributed by atoms with Gasteiger partial charge in [0.1, 0.15) is 12.4 Å². The maximum atomic E-state index is 11.9. The molecule has 3 aromatic carbocycles. The second-order valence-electron chi connectivity index (χ2n) is 10.1. The lowest BCUT2D eigenvalue weighted by molar-refractivity contribution is 0.139. The second kappa shape index (κ2) is 10.9. The summed E-state index contributed by atoms with van der Waals surface area (Å²) in [6, 6.07) is 22.6. The van der Waals surface area contributed by atoms with E-state index in [2.05, 4.69) is 75.6 Å². The van der Waals surface area contributed by atoms with E-state index in [1.807, 2.05) is 30.3 Å². The van der Waals surface area contributed by atoms with Crippen molar-refractivity contribution in [1.29, 1.82) is 0 Å². The highest BCUT2D eigenvalue weighted by atomic mass is 28.4. The monoisotopic (exact) mass is 463 g/mol. The highest BCUT2D eigenvalue weighted by Gasteiger charge is 2.39. The summed E-state index contributed by atoms with van der Waals surface area (Å²) in [6.45, 7) is 12.3. The van der Waals surface area contributed by atoms with Crippen molar-refractivity contribution in [1.82, 2.24) is 5.32 Å². The molecule has 0 saturated heterocycles. The molecule has 0 aliphatic rings. The maximum absolute atomic E-state index is 11.9. The summed E-state index contributed by atoms with van der Waals surface area (Å²) in [6.07, 6.45) is 2.49. The number of hydrogen-bond donors (Lipinski definition) is 1. The van der Waals surface area contributed by atoms with Gasteiger partial charge in [0.15, 0.2) is 0 Å². The van der Waals surface area contributed by atoms with Gasteiger partial charge < -0.3 is 14.5 Å². The maximum Gasteiger partial charge on any atom is 0.407 e. The Hall–Kier alpha value is -2.79. The fourth-order valence-corrected chi connectivity index (χ4v) is 4.51. The third-order valence-electron chi connectivity index (χ3n) is 6.50. The van der Waals surface area contributed by atoms with E-state index < -0.39 is 8.32 Å². The molecule has 0 heterocycles. The van der Waals surface area contributed by atoms with Gasteiger partial charge in [-0.2, -0.15) is 0 Å². The van der Waals surface area contributed by atoms with Crippen LogP contribution in [0.2, 0.25) is 18.1 Å². The number of rotatable bonds is 9. The second-order valence-corrected chi connectivity index (χ2v) is 14.8. The van der Waals surface area contributed by atoms with Gasteiger partial charge in [-0.05, 0) is 60.0 Å². The number of nitrogens with one attached hydrogen (secondary N) is 1. The van der Waals surface area contributed by atoms with Gasteiger partial charge in [-0.25, -0.2) is 4.79 Å². The van der Waals surface area contributed by atoms with E-state index in [9.17, 15) is 4.79 Å². The van der Waals surface area contributed by atoms with E-state index in [0.717, 1.165) is 30.6 Å². The van der Waals surface area contributed by atoms with Crippen molar-refractivity contribution in [2.24, 2.45) is 0 Å². The lowest BCUT2D eigenvalue weighted by Gasteiger charge is -2.36. The van der Waals surface area contributed by atoms with Gasteiger partial charge >= 0.3 is 6.09 Å². The Bertz CT molecular complexity index is 1060. The third-order valence-corrected chi connectivity index (χ3v) is 10.8. The summed E-state index contributed by atoms with van der Waals surface area (Å²) >= 11 is 0. The lowest BCUT2D eigenvalue weighted by Crippen LogP contribution is -2.43. The van der Waals surface area contributed by atoms with Gasteiger partial charge in [-0.15, -0.1) is 0 Å². The van der Waals surface area contributed by atoms with Crippen LogP contribution >= 0.6 is 0 Å². The van der Waals surface area contributed by atoms with Crippen molar-refractivity contribution in [2.45, 2.75) is 64.8 Å². The predicted octanol–water partition coefficient (Wildman–Crippen LogP) is 7.47. The standard InChI is InChI=1S/C28H37NO3Si/c1-28(2,3)33(4,5)32-26-19-18-23(24-16-9-10-17-25(24)26)15-11-12-20-29-27(30)31-21-22-13-7-6-8-14-22/h6-10,13-14,16-19H,11-12,15,20-21H2,1-5H3,(H,29,30). The molecule has 0 bridgehead atoms. The first-order chi connectivity index (χ1) is 15.7. The number of fused-ring (bicyclic) bond motifs is 1. The van der Waals surface area contributed by atoms with Crippen LogP contribution in [0.1, 0.15) is 44.7 Å². The molecule has 0 aliphatic heterocycles. The highest BCUT2D eigenvalue weighted by Crippen LogP contribution is 2.39. The minimum absolute atomic E-state index is 0.155. The molecule has 0 spiro atoms. The summed E-state index contributed by atoms with van der Waals surface area (Å²) in [4.78, 5) is 11.9. The molecule has 0 radical (unpaired) electrons. The van der Waals surface area contributed by atoms with Crippen LogP contribution in [0.5, 0.6) is 5.75 Å². The number of alkyl carbamates (subject to hydrolysis) is 1. The molecule has 0 atom stereocenters. The molecule has 3 aromatic rings. The number of hydrogen-bond acceptors (Lipinski definition) is 3. The van der Waals surface area contributed by atoms with Gasteiger partial charge in [0.2, 0.25) is 0 Å². The molecule has 4 nitrogen and oxygen atoms in total. The van der Waals surface area contributed by atoms with Gasteiger partial charge in [-0.3, -0.25) is 0 Å². The van der Waals surface area contributed by atoms with Gasteiger partial charge in [0.25, 0.3) is 8.32 Å². The van der Waals surface area contributed by atoms with E-state index in [-0.39, 0.29) is 11.1 Å². The number of unbranched alkanes of at least 4 members (excludes halogenated alkanes) is 1. The van der Waals surface area contributed by atoms with Crippen LogP contribution in [0.15, 0.2) is 66.7 Å². The summed E-state index contributed by atoms with van der Waals surface area (Å²) in [5, 5.41) is 5.44. The molecule has 0 unspecified atom stereocenters. The summed E-state index contributed by atoms with van der Waals surface area (Å²) in [7, 11) is -1.91. The number of amides is 1. The fourth-order valence-electron chi connectivity index (χ4n) is 3.47. The van der Waals surface area contributed by atoms with Crippen LogP contribution in [0, 0.1) is 0 Å². The smallest absolute Gasteiger partial charge is 0.407 e. The predicted molar refractivity (Wildman–Crippen MR) is 139 cm³/mol. The molecular formula is C28H37NO3Si. The van der Waals surface area contributed by atoms with Crippen molar-refractivity contribution in [3.8, 4) is 5.75 Å². The van der Waals surface area contributed by atoms with E-state index in [1.54, 1.807) is 0 Å². The normalized spacial score (nSPS) is 11.9. The molecule has 33 heavy (non-hydrogen) atoms. The van der Waals surface area contributed by atoms with Crippen molar-refractivity contribution in [3.05, 3.63) is 77.9 Å². The van der Waals surface area contributed by atoms with E-state index in [1.165, 1.54) is 16.3 Å². The zero-order chi connectivity index (χ0) is 23.9. The number of aryl methyl sites for hydroxylation is 1. The number of carbonyl (C=O) groups excluding carboxylic acids is 1. The molecule has 0 fully saturated rings. The van der Waals surface area contributed by atoms with E-state index in [4.69, 9.17) is 9.16 Å². The van der Waals surface area contributed by atoms with Gasteiger partial charge in [-0.1, -0.05) is 81.4 Å². The van der Waals surface area contributed by atoms with Crippen LogP contribution < -0.4 is 9.74 Å². The van der Waals surface area contributed by atoms with Gasteiger partial charge in [0.05, 0.1) is 0 Å². The number of carbonyl (C=O) groups is 1. The van der Waals surface area contributed by atoms with Crippen LogP contribution in [-0.2, 0) is 17.8 Å². The molecule has 176 valence electrons. The first-order valence-electron chi connectivity index (χ1n) is 11.8. The Labute approximate surface area is 199 Å². The van der Waals surface area contributed by atoms with Crippen LogP contribution in [0.3, 0.4) is 0 Å². The van der Waals surface area contributed by atoms with E-state index >= 15 is 0 Å². The average Bonchev–Trinajstić information content (AvgIpc) is 2.78. The number of benzene rings is 3. The van der Waals surface area contributed by atoms with Crippen LogP contribution in [-0.4, -0.2) is 21.0 Å². The molecule has 0 saturated carbocycles. The molecule has 5 heteroatoms. The first-order valence-corrected chi connectivity index (χ1v) is 14.7. The minimum Gasteiger partial charge on any atom is -0.543 e. The molecule has 1 N–H and O–H groups in total. The first kappa shape index (κ1) is 24.8. The van der Waals surface area contributed by atoms with Crippen molar-refractivity contribution in [2.75, 3.05) is 6.54 Å². The third kappa shape index (κ3) is 6.84. The summed E-state index contributed by atoms with van der Waals surface area (Å²) in [5.41, 5.74) is 2.31. The Balaban J connectivity index is 1.52. The Morgan fingerprint density at radius 2 is 1.55 bits per heavy atom. The summed E-state index contributed by atoms with van der Waals surface area (Å²) in [5.74, 6) is 0.990. The van der Waals surface area contributed by atoms with Crippen LogP contribution in [0.25, 0.3) is 10.8 Å². The zero-order valence-corrected chi connectivity index (χ0v) is 21.6. The van der Waals surface area contributed by atoms with Crippen molar-refractivity contribution in [3.63, 3.8) is 0 Å². The van der Waals surface area contributed by atoms with Crippen molar-refractivity contribution < 1.29 is 14.0 Å². The quantitative estimate of drug-likeness (QED) is 0.264. The molecule has 1 amide bonds. The SMILES string of the molecule is CC(C)(C)[Si](C)(C)Oc1ccc(CCCCNC(=O)OCc2ccccc2)c2ccccc12. The Kier molecular flexibility index (Phi) is 8.19. The fraction of sp³-hybridized carbons (Fsp3) is 0.393. The topological polar surface area (TPSA) is 47.6 Å². The highest BCUT2D eigenvalue weighted by molar-refractivity contribution is 6.74. The minimum atomic E-state index is -1.91.